The summed E-state index contributed by atoms with van der Waals surface area (Å²) in [5.41, 5.74) is 1.44. The van der Waals surface area contributed by atoms with Crippen LogP contribution in [-0.2, 0) is 6.42 Å². The van der Waals surface area contributed by atoms with E-state index in [-0.39, 0.29) is 16.3 Å². The average Bonchev–Trinajstić information content (AvgIpc) is 2.49. The molecule has 1 N–H and O–H groups in total. The van der Waals surface area contributed by atoms with Crippen molar-refractivity contribution in [2.45, 2.75) is 26.7 Å². The van der Waals surface area contributed by atoms with E-state index >= 15 is 0 Å². The predicted molar refractivity (Wildman–Crippen MR) is 87.7 cm³/mol. The lowest BCUT2D eigenvalue weighted by atomic mass is 9.99. The predicted octanol–water partition coefficient (Wildman–Crippen LogP) is 4.85. The minimum Gasteiger partial charge on any atom is -0.508 e. The number of ether oxygens (including phenoxy) is 1. The number of carbonyl (C=O) groups is 1. The van der Waals surface area contributed by atoms with Gasteiger partial charge in [0.25, 0.3) is 0 Å². The number of benzene rings is 2. The molecule has 22 heavy (non-hydrogen) atoms. The standard InChI is InChI=1S/C18H19ClO3/c1-3-12(2)10-13-4-7-15(8-5-13)22-18(21)16-9-6-14(20)11-17(16)19/h4-9,11-12,20H,3,10H2,1-2H3. The molecule has 0 bridgehead atoms. The van der Waals surface area contributed by atoms with Crippen LogP contribution in [0.15, 0.2) is 42.5 Å². The first-order valence-corrected chi connectivity index (χ1v) is 7.67. The van der Waals surface area contributed by atoms with Crippen LogP contribution in [0, 0.1) is 5.92 Å². The summed E-state index contributed by atoms with van der Waals surface area (Å²) < 4.78 is 5.30. The number of aromatic hydroxyl groups is 1. The van der Waals surface area contributed by atoms with Gasteiger partial charge in [0.05, 0.1) is 10.6 Å². The van der Waals surface area contributed by atoms with Gasteiger partial charge in [-0.05, 0) is 48.2 Å². The summed E-state index contributed by atoms with van der Waals surface area (Å²) in [6.07, 6.45) is 2.14. The zero-order chi connectivity index (χ0) is 16.1. The van der Waals surface area contributed by atoms with Crippen LogP contribution in [0.2, 0.25) is 5.02 Å². The fraction of sp³-hybridized carbons (Fsp3) is 0.278. The van der Waals surface area contributed by atoms with Crippen molar-refractivity contribution in [1.29, 1.82) is 0 Å². The Labute approximate surface area is 135 Å². The Morgan fingerprint density at radius 1 is 1.23 bits per heavy atom. The molecule has 0 radical (unpaired) electrons. The summed E-state index contributed by atoms with van der Waals surface area (Å²) in [7, 11) is 0. The van der Waals surface area contributed by atoms with E-state index in [0.29, 0.717) is 11.7 Å². The van der Waals surface area contributed by atoms with Crippen molar-refractivity contribution in [3.05, 3.63) is 58.6 Å². The minimum absolute atomic E-state index is 0.0101. The molecule has 116 valence electrons. The van der Waals surface area contributed by atoms with Gasteiger partial charge in [-0.25, -0.2) is 4.79 Å². The molecule has 4 heteroatoms. The zero-order valence-electron chi connectivity index (χ0n) is 12.7. The third-order valence-corrected chi connectivity index (χ3v) is 3.90. The Morgan fingerprint density at radius 3 is 2.50 bits per heavy atom. The van der Waals surface area contributed by atoms with Crippen molar-refractivity contribution in [1.82, 2.24) is 0 Å². The van der Waals surface area contributed by atoms with Crippen molar-refractivity contribution in [3.63, 3.8) is 0 Å². The van der Waals surface area contributed by atoms with E-state index in [2.05, 4.69) is 13.8 Å². The SMILES string of the molecule is CCC(C)Cc1ccc(OC(=O)c2ccc(O)cc2Cl)cc1. The summed E-state index contributed by atoms with van der Waals surface area (Å²) in [6.45, 7) is 4.38. The Morgan fingerprint density at radius 2 is 1.91 bits per heavy atom. The first-order chi connectivity index (χ1) is 10.5. The van der Waals surface area contributed by atoms with Crippen LogP contribution >= 0.6 is 11.6 Å². The maximum Gasteiger partial charge on any atom is 0.345 e. The van der Waals surface area contributed by atoms with Gasteiger partial charge >= 0.3 is 5.97 Å². The Kier molecular flexibility index (Phi) is 5.45. The molecule has 0 aromatic heterocycles. The molecule has 0 saturated carbocycles. The van der Waals surface area contributed by atoms with E-state index in [1.54, 1.807) is 12.1 Å². The zero-order valence-corrected chi connectivity index (χ0v) is 13.4. The number of halogens is 1. The molecule has 0 heterocycles. The van der Waals surface area contributed by atoms with Gasteiger partial charge in [0.15, 0.2) is 0 Å². The Hall–Kier alpha value is -2.00. The molecule has 0 aliphatic carbocycles. The molecule has 3 nitrogen and oxygen atoms in total. The molecule has 0 fully saturated rings. The van der Waals surface area contributed by atoms with Gasteiger partial charge in [-0.15, -0.1) is 0 Å². The summed E-state index contributed by atoms with van der Waals surface area (Å²) in [6, 6.07) is 11.6. The third-order valence-electron chi connectivity index (χ3n) is 3.59. The topological polar surface area (TPSA) is 46.5 Å². The molecule has 2 rings (SSSR count). The van der Waals surface area contributed by atoms with Crippen molar-refractivity contribution in [2.24, 2.45) is 5.92 Å². The van der Waals surface area contributed by atoms with Gasteiger partial charge < -0.3 is 9.84 Å². The number of phenols is 1. The van der Waals surface area contributed by atoms with Crippen LogP contribution in [0.4, 0.5) is 0 Å². The molecule has 0 amide bonds. The number of carbonyl (C=O) groups excluding carboxylic acids is 1. The number of esters is 1. The Bertz CT molecular complexity index is 650. The molecule has 0 aliphatic heterocycles. The van der Waals surface area contributed by atoms with Crippen molar-refractivity contribution in [2.75, 3.05) is 0 Å². The van der Waals surface area contributed by atoms with Crippen LogP contribution in [-0.4, -0.2) is 11.1 Å². The quantitative estimate of drug-likeness (QED) is 0.633. The first-order valence-electron chi connectivity index (χ1n) is 7.29. The molecule has 2 aromatic carbocycles. The fourth-order valence-corrected chi connectivity index (χ4v) is 2.32. The van der Waals surface area contributed by atoms with Gasteiger partial charge in [-0.2, -0.15) is 0 Å². The third kappa shape index (κ3) is 4.25. The molecule has 1 unspecified atom stereocenters. The van der Waals surface area contributed by atoms with E-state index in [1.807, 2.05) is 12.1 Å². The van der Waals surface area contributed by atoms with E-state index in [4.69, 9.17) is 16.3 Å². The number of hydrogen-bond acceptors (Lipinski definition) is 3. The second-order valence-electron chi connectivity index (χ2n) is 5.42. The average molecular weight is 319 g/mol. The Balaban J connectivity index is 2.05. The van der Waals surface area contributed by atoms with Crippen LogP contribution in [0.3, 0.4) is 0 Å². The molecular formula is C18H19ClO3. The monoisotopic (exact) mass is 318 g/mol. The van der Waals surface area contributed by atoms with Gasteiger partial charge in [-0.1, -0.05) is 44.0 Å². The van der Waals surface area contributed by atoms with Crippen LogP contribution in [0.1, 0.15) is 36.2 Å². The van der Waals surface area contributed by atoms with Gasteiger partial charge in [0, 0.05) is 0 Å². The van der Waals surface area contributed by atoms with Gasteiger partial charge in [0.1, 0.15) is 11.5 Å². The van der Waals surface area contributed by atoms with Crippen LogP contribution < -0.4 is 4.74 Å². The van der Waals surface area contributed by atoms with Gasteiger partial charge in [0.2, 0.25) is 0 Å². The summed E-state index contributed by atoms with van der Waals surface area (Å²) in [5.74, 6) is 0.571. The first kappa shape index (κ1) is 16.4. The van der Waals surface area contributed by atoms with Crippen molar-refractivity contribution >= 4 is 17.6 Å². The largest absolute Gasteiger partial charge is 0.508 e. The number of rotatable bonds is 5. The highest BCUT2D eigenvalue weighted by Crippen LogP contribution is 2.23. The smallest absolute Gasteiger partial charge is 0.345 e. The summed E-state index contributed by atoms with van der Waals surface area (Å²) in [5, 5.41) is 9.46. The minimum atomic E-state index is -0.542. The second kappa shape index (κ2) is 7.32. The number of hydrogen-bond donors (Lipinski definition) is 1. The summed E-state index contributed by atoms with van der Waals surface area (Å²) >= 11 is 5.93. The molecule has 1 atom stereocenters. The molecule has 2 aromatic rings. The van der Waals surface area contributed by atoms with E-state index in [0.717, 1.165) is 12.8 Å². The lowest BCUT2D eigenvalue weighted by molar-refractivity contribution is 0.0735. The van der Waals surface area contributed by atoms with Crippen molar-refractivity contribution in [3.8, 4) is 11.5 Å². The highest BCUT2D eigenvalue weighted by atomic mass is 35.5. The molecule has 0 aliphatic rings. The fourth-order valence-electron chi connectivity index (χ4n) is 2.07. The van der Waals surface area contributed by atoms with E-state index in [1.165, 1.54) is 23.8 Å². The summed E-state index contributed by atoms with van der Waals surface area (Å²) in [4.78, 5) is 12.1. The molecule has 0 spiro atoms. The van der Waals surface area contributed by atoms with E-state index < -0.39 is 5.97 Å². The van der Waals surface area contributed by atoms with Crippen LogP contribution in [0.5, 0.6) is 11.5 Å². The number of phenolic OH excluding ortho intramolecular Hbond substituents is 1. The van der Waals surface area contributed by atoms with Crippen molar-refractivity contribution < 1.29 is 14.6 Å². The molecule has 0 saturated heterocycles. The maximum atomic E-state index is 12.1. The van der Waals surface area contributed by atoms with E-state index in [9.17, 15) is 9.90 Å². The second-order valence-corrected chi connectivity index (χ2v) is 5.82. The highest BCUT2D eigenvalue weighted by molar-refractivity contribution is 6.33. The lowest BCUT2D eigenvalue weighted by Crippen LogP contribution is -2.09. The maximum absolute atomic E-state index is 12.1. The van der Waals surface area contributed by atoms with Gasteiger partial charge in [-0.3, -0.25) is 0 Å². The van der Waals surface area contributed by atoms with Crippen LogP contribution in [0.25, 0.3) is 0 Å². The lowest BCUT2D eigenvalue weighted by Gasteiger charge is -2.10. The normalized spacial score (nSPS) is 12.0. The molecular weight excluding hydrogens is 300 g/mol. The highest BCUT2D eigenvalue weighted by Gasteiger charge is 2.13.